The minimum absolute atomic E-state index is 0.244. The summed E-state index contributed by atoms with van der Waals surface area (Å²) in [6.45, 7) is 0. The lowest BCUT2D eigenvalue weighted by molar-refractivity contribution is 1.39. The first-order valence-electron chi connectivity index (χ1n) is 10.6. The van der Waals surface area contributed by atoms with Gasteiger partial charge in [0.1, 0.15) is 0 Å². The summed E-state index contributed by atoms with van der Waals surface area (Å²) in [6.07, 6.45) is 0. The molecule has 0 fully saturated rings. The third-order valence-corrected chi connectivity index (χ3v) is 5.75. The van der Waals surface area contributed by atoms with Gasteiger partial charge < -0.3 is 0 Å². The van der Waals surface area contributed by atoms with Gasteiger partial charge in [0.15, 0.2) is 0 Å². The second kappa shape index (κ2) is 8.44. The number of hydrogen-bond acceptors (Lipinski definition) is 0. The van der Waals surface area contributed by atoms with Gasteiger partial charge in [-0.25, -0.2) is 0 Å². The van der Waals surface area contributed by atoms with E-state index >= 15 is 0 Å². The van der Waals surface area contributed by atoms with Gasteiger partial charge in [-0.05, 0) is 22.3 Å². The predicted molar refractivity (Wildman–Crippen MR) is 134 cm³/mol. The Morgan fingerprint density at radius 1 is 0.281 bits per heavy atom. The number of benzene rings is 5. The molecule has 0 saturated heterocycles. The van der Waals surface area contributed by atoms with E-state index in [1.54, 1.807) is 0 Å². The molecule has 0 aliphatic carbocycles. The molecule has 0 spiro atoms. The first-order valence-corrected chi connectivity index (χ1v) is 10.6. The molecule has 0 saturated carbocycles. The first kappa shape index (κ1) is 19.7. The van der Waals surface area contributed by atoms with E-state index in [-0.39, 0.29) is 11.4 Å². The fourth-order valence-corrected chi connectivity index (χ4v) is 4.32. The van der Waals surface area contributed by atoms with Gasteiger partial charge in [-0.1, -0.05) is 121 Å². The van der Waals surface area contributed by atoms with E-state index in [1.807, 2.05) is 97.1 Å². The molecule has 0 aromatic heterocycles. The second-order valence-corrected chi connectivity index (χ2v) is 7.71. The van der Waals surface area contributed by atoms with Crippen molar-refractivity contribution in [2.45, 2.75) is 0 Å². The monoisotopic (exact) mass is 410 g/mol. The second-order valence-electron chi connectivity index (χ2n) is 7.71. The van der Waals surface area contributed by atoms with Crippen LogP contribution in [0.2, 0.25) is 0 Å². The summed E-state index contributed by atoms with van der Waals surface area (Å²) in [5.41, 5.74) is 26.2. The third-order valence-electron chi connectivity index (χ3n) is 5.75. The van der Waals surface area contributed by atoms with Crippen molar-refractivity contribution in [1.82, 2.24) is 11.5 Å². The van der Waals surface area contributed by atoms with Gasteiger partial charge in [0.2, 0.25) is 0 Å². The van der Waals surface area contributed by atoms with Gasteiger partial charge in [-0.15, -0.1) is 0 Å². The molecular formula is C30H22N2. The lowest BCUT2D eigenvalue weighted by Gasteiger charge is -2.24. The third kappa shape index (κ3) is 3.42. The number of nitrogens with one attached hydrogen (secondary N) is 2. The van der Waals surface area contributed by atoms with Crippen LogP contribution in [0.15, 0.2) is 121 Å². The predicted octanol–water partition coefficient (Wildman–Crippen LogP) is 8.18. The van der Waals surface area contributed by atoms with E-state index in [2.05, 4.69) is 24.3 Å². The smallest absolute Gasteiger partial charge is 0.0880 e. The van der Waals surface area contributed by atoms with Gasteiger partial charge in [0.05, 0.1) is 11.4 Å². The van der Waals surface area contributed by atoms with Gasteiger partial charge in [-0.2, -0.15) is 0 Å². The molecule has 2 N–H and O–H groups in total. The van der Waals surface area contributed by atoms with Crippen LogP contribution in [-0.2, 0) is 0 Å². The molecule has 32 heavy (non-hydrogen) atoms. The van der Waals surface area contributed by atoms with Crippen LogP contribution in [0.5, 0.6) is 0 Å². The van der Waals surface area contributed by atoms with Gasteiger partial charge in [0.25, 0.3) is 0 Å². The maximum Gasteiger partial charge on any atom is 0.0880 e. The van der Waals surface area contributed by atoms with Crippen molar-refractivity contribution in [3.63, 3.8) is 0 Å². The lowest BCUT2D eigenvalue weighted by atomic mass is 9.81. The molecule has 5 aromatic rings. The number of hydrogen-bond donors (Lipinski definition) is 0. The Kier molecular flexibility index (Phi) is 5.19. The summed E-state index contributed by atoms with van der Waals surface area (Å²) in [5, 5.41) is 0. The molecule has 2 nitrogen and oxygen atoms in total. The average molecular weight is 411 g/mol. The SMILES string of the molecule is [NH]c1c([NH])c(-c2ccccc2)c(-c2ccccc2)c(-c2ccccc2)c1-c1ccccc1. The molecule has 2 radical (unpaired) electrons. The maximum atomic E-state index is 9.08. The molecule has 152 valence electrons. The molecule has 0 bridgehead atoms. The Morgan fingerprint density at radius 3 is 0.750 bits per heavy atom. The highest BCUT2D eigenvalue weighted by molar-refractivity contribution is 6.10. The first-order chi connectivity index (χ1) is 15.8. The minimum Gasteiger partial charge on any atom is -0.298 e. The highest BCUT2D eigenvalue weighted by Gasteiger charge is 2.25. The Hall–Kier alpha value is -4.30. The zero-order chi connectivity index (χ0) is 21.9. The van der Waals surface area contributed by atoms with Crippen molar-refractivity contribution in [3.8, 4) is 44.5 Å². The largest absolute Gasteiger partial charge is 0.298 e. The highest BCUT2D eigenvalue weighted by atomic mass is 14.7. The molecule has 5 rings (SSSR count). The van der Waals surface area contributed by atoms with Crippen LogP contribution in [0.4, 0.5) is 11.4 Å². The van der Waals surface area contributed by atoms with E-state index in [1.165, 1.54) is 0 Å². The van der Waals surface area contributed by atoms with Gasteiger partial charge in [0, 0.05) is 22.3 Å². The van der Waals surface area contributed by atoms with Crippen molar-refractivity contribution in [3.05, 3.63) is 121 Å². The van der Waals surface area contributed by atoms with Crippen LogP contribution >= 0.6 is 0 Å². The molecule has 5 aromatic carbocycles. The fourth-order valence-electron chi connectivity index (χ4n) is 4.32. The normalized spacial score (nSPS) is 10.8. The van der Waals surface area contributed by atoms with Crippen LogP contribution < -0.4 is 11.5 Å². The highest BCUT2D eigenvalue weighted by Crippen LogP contribution is 2.52. The summed E-state index contributed by atoms with van der Waals surface area (Å²) < 4.78 is 0. The number of rotatable bonds is 4. The van der Waals surface area contributed by atoms with E-state index in [9.17, 15) is 0 Å². The van der Waals surface area contributed by atoms with Crippen LogP contribution in [0.1, 0.15) is 0 Å². The quantitative estimate of drug-likeness (QED) is 0.287. The standard InChI is InChI=1S/C30H22N2/c31-29-27(23-17-9-3-10-18-23)25(21-13-5-1-6-14-21)26(22-15-7-2-8-16-22)28(30(29)32)24-19-11-4-12-20-24/h1-20,31-32H. The zero-order valence-corrected chi connectivity index (χ0v) is 17.5. The lowest BCUT2D eigenvalue weighted by Crippen LogP contribution is -1.98. The van der Waals surface area contributed by atoms with Crippen molar-refractivity contribution < 1.29 is 0 Å². The molecule has 0 aliphatic rings. The Bertz CT molecular complexity index is 1240. The maximum absolute atomic E-state index is 9.08. The zero-order valence-electron chi connectivity index (χ0n) is 17.5. The summed E-state index contributed by atoms with van der Waals surface area (Å²) >= 11 is 0. The van der Waals surface area contributed by atoms with Crippen LogP contribution in [0.25, 0.3) is 44.5 Å². The van der Waals surface area contributed by atoms with E-state index in [0.29, 0.717) is 0 Å². The molecule has 2 heteroatoms. The Labute approximate surface area is 188 Å². The minimum atomic E-state index is 0.244. The molecule has 0 heterocycles. The molecule has 0 atom stereocenters. The molecular weight excluding hydrogens is 388 g/mol. The Morgan fingerprint density at radius 2 is 0.500 bits per heavy atom. The average Bonchev–Trinajstić information content (AvgIpc) is 2.87. The van der Waals surface area contributed by atoms with E-state index in [4.69, 9.17) is 11.5 Å². The van der Waals surface area contributed by atoms with E-state index in [0.717, 1.165) is 44.5 Å². The van der Waals surface area contributed by atoms with Crippen LogP contribution in [0, 0.1) is 0 Å². The van der Waals surface area contributed by atoms with Crippen LogP contribution in [0.3, 0.4) is 0 Å². The molecule has 0 amide bonds. The van der Waals surface area contributed by atoms with Crippen LogP contribution in [-0.4, -0.2) is 0 Å². The summed E-state index contributed by atoms with van der Waals surface area (Å²) in [4.78, 5) is 0. The van der Waals surface area contributed by atoms with E-state index < -0.39 is 0 Å². The summed E-state index contributed by atoms with van der Waals surface area (Å²) in [5.74, 6) is 0. The Balaban J connectivity index is 2.00. The summed E-state index contributed by atoms with van der Waals surface area (Å²) in [7, 11) is 0. The van der Waals surface area contributed by atoms with Crippen molar-refractivity contribution in [2.24, 2.45) is 0 Å². The van der Waals surface area contributed by atoms with Crippen molar-refractivity contribution in [2.75, 3.05) is 0 Å². The van der Waals surface area contributed by atoms with Crippen molar-refractivity contribution >= 4 is 11.4 Å². The fraction of sp³-hybridized carbons (Fsp3) is 0. The topological polar surface area (TPSA) is 47.6 Å². The van der Waals surface area contributed by atoms with Gasteiger partial charge >= 0.3 is 0 Å². The molecule has 0 unspecified atom stereocenters. The summed E-state index contributed by atoms with van der Waals surface area (Å²) in [6, 6.07) is 40.5. The van der Waals surface area contributed by atoms with Gasteiger partial charge in [-0.3, -0.25) is 11.5 Å². The molecule has 0 aliphatic heterocycles. The van der Waals surface area contributed by atoms with Crippen molar-refractivity contribution in [1.29, 1.82) is 0 Å².